The van der Waals surface area contributed by atoms with Crippen molar-refractivity contribution in [3.05, 3.63) is 124 Å². The van der Waals surface area contributed by atoms with E-state index in [0.29, 0.717) is 38.2 Å². The number of carbonyl (C=O) groups is 3. The van der Waals surface area contributed by atoms with E-state index in [9.17, 15) is 27.6 Å². The van der Waals surface area contributed by atoms with Gasteiger partial charge >= 0.3 is 12.1 Å². The van der Waals surface area contributed by atoms with Crippen LogP contribution in [-0.4, -0.2) is 48.5 Å². The maximum Gasteiger partial charge on any atom is 0.491 e. The average molecular weight is 725 g/mol. The molecule has 0 bridgehead atoms. The second-order valence-electron chi connectivity index (χ2n) is 11.3. The minimum absolute atomic E-state index is 0.104. The summed E-state index contributed by atoms with van der Waals surface area (Å²) in [6.45, 7) is 1.85. The van der Waals surface area contributed by atoms with Gasteiger partial charge in [-0.2, -0.15) is 13.2 Å². The molecule has 0 aromatic heterocycles. The maximum atomic E-state index is 13.7. The van der Waals surface area contributed by atoms with Crippen LogP contribution in [-0.2, 0) is 29.0 Å². The van der Waals surface area contributed by atoms with Gasteiger partial charge in [0, 0.05) is 29.7 Å². The highest BCUT2D eigenvalue weighted by molar-refractivity contribution is 9.10. The highest BCUT2D eigenvalue weighted by atomic mass is 79.9. The number of nitrogens with one attached hydrogen (secondary N) is 1. The quantitative estimate of drug-likeness (QED) is 0.0764. The third-order valence-electron chi connectivity index (χ3n) is 7.61. The molecule has 48 heavy (non-hydrogen) atoms. The number of amides is 2. The molecule has 7 nitrogen and oxygen atoms in total. The van der Waals surface area contributed by atoms with Gasteiger partial charge in [0.2, 0.25) is 5.91 Å². The number of esters is 1. The zero-order chi connectivity index (χ0) is 34.5. The predicted octanol–water partition coefficient (Wildman–Crippen LogP) is 7.26. The lowest BCUT2D eigenvalue weighted by molar-refractivity contribution is -0.189. The van der Waals surface area contributed by atoms with Crippen molar-refractivity contribution in [2.75, 3.05) is 19.6 Å². The van der Waals surface area contributed by atoms with E-state index in [4.69, 9.17) is 5.73 Å². The number of hydrogen-bond donors (Lipinski definition) is 2. The second-order valence-corrected chi connectivity index (χ2v) is 12.1. The third kappa shape index (κ3) is 11.1. The number of benzene rings is 4. The van der Waals surface area contributed by atoms with Gasteiger partial charge in [0.05, 0.1) is 6.42 Å². The first-order chi connectivity index (χ1) is 23.0. The molecule has 3 N–H and O–H groups in total. The highest BCUT2D eigenvalue weighted by Crippen LogP contribution is 2.24. The van der Waals surface area contributed by atoms with Crippen molar-refractivity contribution in [3.63, 3.8) is 0 Å². The number of nitrogens with two attached hydrogens (primary N) is 1. The van der Waals surface area contributed by atoms with Crippen molar-refractivity contribution < 1.29 is 32.3 Å². The monoisotopic (exact) mass is 723 g/mol. The fourth-order valence-corrected chi connectivity index (χ4v) is 5.45. The average Bonchev–Trinajstić information content (AvgIpc) is 3.08. The molecule has 0 heterocycles. The Hall–Kier alpha value is -4.48. The molecule has 0 atom stereocenters. The summed E-state index contributed by atoms with van der Waals surface area (Å²) in [7, 11) is 0. The van der Waals surface area contributed by atoms with E-state index in [1.165, 1.54) is 12.1 Å². The Kier molecular flexibility index (Phi) is 13.3. The molecule has 0 unspecified atom stereocenters. The van der Waals surface area contributed by atoms with Gasteiger partial charge in [-0.15, -0.1) is 0 Å². The molecular formula is C37H37BrF3N3O4. The molecule has 0 fully saturated rings. The van der Waals surface area contributed by atoms with E-state index in [0.717, 1.165) is 51.6 Å². The molecule has 0 saturated heterocycles. The number of hydrogen-bond acceptors (Lipinski definition) is 5. The number of unbranched alkanes of at least 4 members (excludes halogenated alkanes) is 2. The Morgan fingerprint density at radius 2 is 1.52 bits per heavy atom. The van der Waals surface area contributed by atoms with Crippen molar-refractivity contribution in [2.24, 2.45) is 5.73 Å². The Morgan fingerprint density at radius 1 is 0.812 bits per heavy atom. The van der Waals surface area contributed by atoms with Gasteiger partial charge in [0.1, 0.15) is 5.75 Å². The van der Waals surface area contributed by atoms with Crippen LogP contribution in [0, 0.1) is 0 Å². The first kappa shape index (κ1) is 36.4. The predicted molar refractivity (Wildman–Crippen MR) is 182 cm³/mol. The van der Waals surface area contributed by atoms with Gasteiger partial charge in [-0.25, -0.2) is 4.79 Å². The van der Waals surface area contributed by atoms with Crippen molar-refractivity contribution in [2.45, 2.75) is 44.8 Å². The topological polar surface area (TPSA) is 102 Å². The number of rotatable bonds is 15. The van der Waals surface area contributed by atoms with Crippen LogP contribution in [0.1, 0.15) is 46.3 Å². The molecule has 11 heteroatoms. The lowest BCUT2D eigenvalue weighted by Gasteiger charge is -2.24. The summed E-state index contributed by atoms with van der Waals surface area (Å²) in [6.07, 6.45) is -1.76. The Labute approximate surface area is 286 Å². The number of ether oxygens (including phenoxy) is 1. The third-order valence-corrected chi connectivity index (χ3v) is 8.39. The van der Waals surface area contributed by atoms with Crippen molar-refractivity contribution in [3.8, 4) is 16.9 Å². The minimum atomic E-state index is -5.09. The van der Waals surface area contributed by atoms with Crippen LogP contribution in [0.15, 0.2) is 102 Å². The number of carbonyl (C=O) groups excluding carboxylic acids is 3. The van der Waals surface area contributed by atoms with Crippen LogP contribution >= 0.6 is 15.9 Å². The standard InChI is InChI=1S/C37H37BrF3N3O4/c38-33-13-3-2-9-30(33)24-34(45)44(21-18-26-14-16-32(17-15-26)48-36(47)37(39,40)41)25-27-8-6-10-28(22-27)29-11-7-12-31(23-29)35(46)43-20-5-1-4-19-42/h2-3,6-17,22-23H,1,4-5,18-21,24-25,42H2,(H,43,46). The van der Waals surface area contributed by atoms with Gasteiger partial charge in [-0.1, -0.05) is 83.0 Å². The lowest BCUT2D eigenvalue weighted by atomic mass is 10.0. The van der Waals surface area contributed by atoms with Crippen LogP contribution in [0.5, 0.6) is 5.75 Å². The highest BCUT2D eigenvalue weighted by Gasteiger charge is 2.41. The van der Waals surface area contributed by atoms with Gasteiger partial charge in [0.15, 0.2) is 0 Å². The minimum Gasteiger partial charge on any atom is -0.420 e. The fraction of sp³-hybridized carbons (Fsp3) is 0.270. The number of halogens is 4. The zero-order valence-corrected chi connectivity index (χ0v) is 27.9. The summed E-state index contributed by atoms with van der Waals surface area (Å²) in [5.41, 5.74) is 10.3. The summed E-state index contributed by atoms with van der Waals surface area (Å²) in [5, 5.41) is 2.96. The van der Waals surface area contributed by atoms with Gasteiger partial charge in [-0.05, 0) is 90.0 Å². The molecule has 2 amide bonds. The van der Waals surface area contributed by atoms with E-state index in [1.54, 1.807) is 23.1 Å². The zero-order valence-electron chi connectivity index (χ0n) is 26.3. The van der Waals surface area contributed by atoms with Crippen LogP contribution < -0.4 is 15.8 Å². The van der Waals surface area contributed by atoms with Crippen LogP contribution in [0.3, 0.4) is 0 Å². The Bertz CT molecular complexity index is 1700. The van der Waals surface area contributed by atoms with Gasteiger partial charge < -0.3 is 20.7 Å². The summed E-state index contributed by atoms with van der Waals surface area (Å²) in [6, 6.07) is 28.4. The van der Waals surface area contributed by atoms with E-state index < -0.39 is 12.1 Å². The van der Waals surface area contributed by atoms with Crippen LogP contribution in [0.4, 0.5) is 13.2 Å². The number of nitrogens with zero attached hydrogens (tertiary/aromatic N) is 1. The van der Waals surface area contributed by atoms with Crippen LogP contribution in [0.25, 0.3) is 11.1 Å². The fourth-order valence-electron chi connectivity index (χ4n) is 5.02. The summed E-state index contributed by atoms with van der Waals surface area (Å²) in [5.74, 6) is -2.75. The summed E-state index contributed by atoms with van der Waals surface area (Å²) < 4.78 is 42.9. The maximum absolute atomic E-state index is 13.7. The molecule has 0 aliphatic rings. The molecule has 0 saturated carbocycles. The van der Waals surface area contributed by atoms with E-state index >= 15 is 0 Å². The number of alkyl halides is 3. The molecule has 252 valence electrons. The molecule has 4 aromatic rings. The van der Waals surface area contributed by atoms with Crippen molar-refractivity contribution >= 4 is 33.7 Å². The van der Waals surface area contributed by atoms with Gasteiger partial charge in [0.25, 0.3) is 5.91 Å². The smallest absolute Gasteiger partial charge is 0.420 e. The second kappa shape index (κ2) is 17.6. The molecule has 0 radical (unpaired) electrons. The summed E-state index contributed by atoms with van der Waals surface area (Å²) in [4.78, 5) is 39.3. The summed E-state index contributed by atoms with van der Waals surface area (Å²) >= 11 is 3.52. The van der Waals surface area contributed by atoms with Crippen molar-refractivity contribution in [1.82, 2.24) is 10.2 Å². The van der Waals surface area contributed by atoms with Crippen LogP contribution in [0.2, 0.25) is 0 Å². The van der Waals surface area contributed by atoms with Crippen molar-refractivity contribution in [1.29, 1.82) is 0 Å². The molecule has 4 rings (SSSR count). The Morgan fingerprint density at radius 3 is 2.23 bits per heavy atom. The first-order valence-electron chi connectivity index (χ1n) is 15.6. The molecule has 0 aliphatic heterocycles. The molecule has 0 aliphatic carbocycles. The first-order valence-corrected chi connectivity index (χ1v) is 16.4. The largest absolute Gasteiger partial charge is 0.491 e. The molecule has 4 aromatic carbocycles. The Balaban J connectivity index is 1.48. The SMILES string of the molecule is NCCCCCNC(=O)c1cccc(-c2cccc(CN(CCc3ccc(OC(=O)C(F)(F)F)cc3)C(=O)Cc3ccccc3Br)c2)c1. The molecular weight excluding hydrogens is 687 g/mol. The normalized spacial score (nSPS) is 11.2. The van der Waals surface area contributed by atoms with E-state index in [-0.39, 0.29) is 24.0 Å². The van der Waals surface area contributed by atoms with E-state index in [1.807, 2.05) is 66.7 Å². The van der Waals surface area contributed by atoms with Gasteiger partial charge in [-0.3, -0.25) is 9.59 Å². The van der Waals surface area contributed by atoms with E-state index in [2.05, 4.69) is 26.0 Å². The molecule has 0 spiro atoms. The lowest BCUT2D eigenvalue weighted by Crippen LogP contribution is -2.33.